The highest BCUT2D eigenvalue weighted by atomic mass is 32.2. The molecule has 0 spiro atoms. The Kier molecular flexibility index (Phi) is 4.57. The number of aliphatic carboxylic acids is 1. The van der Waals surface area contributed by atoms with Crippen molar-refractivity contribution >= 4 is 22.0 Å². The maximum absolute atomic E-state index is 12.6. The number of nitrogens with zero attached hydrogens (tertiary/aromatic N) is 1. The fraction of sp³-hybridized carbons (Fsp3) is 0.538. The first kappa shape index (κ1) is 16.5. The topological polar surface area (TPSA) is 114 Å². The predicted molar refractivity (Wildman–Crippen MR) is 73.8 cm³/mol. The lowest BCUT2D eigenvalue weighted by atomic mass is 9.92. The fourth-order valence-electron chi connectivity index (χ4n) is 2.57. The number of carbonyl (C=O) groups excluding carboxylic acids is 1. The third kappa shape index (κ3) is 2.86. The average Bonchev–Trinajstić information content (AvgIpc) is 2.96. The smallest absolute Gasteiger partial charge is 0.374 e. The molecule has 0 aromatic carbocycles. The van der Waals surface area contributed by atoms with Crippen molar-refractivity contribution in [3.05, 3.63) is 17.9 Å². The molecule has 0 saturated carbocycles. The van der Waals surface area contributed by atoms with Gasteiger partial charge in [0.25, 0.3) is 10.0 Å². The summed E-state index contributed by atoms with van der Waals surface area (Å²) in [7, 11) is -2.85. The minimum Gasteiger partial charge on any atom is -0.481 e. The van der Waals surface area contributed by atoms with Crippen LogP contribution >= 0.6 is 0 Å². The molecule has 1 saturated heterocycles. The zero-order valence-corrected chi connectivity index (χ0v) is 13.0. The number of furan rings is 1. The van der Waals surface area contributed by atoms with Crippen molar-refractivity contribution in [1.82, 2.24) is 4.31 Å². The first-order chi connectivity index (χ1) is 10.3. The van der Waals surface area contributed by atoms with Crippen molar-refractivity contribution in [1.29, 1.82) is 0 Å². The Bertz CT molecular complexity index is 678. The number of piperidine rings is 1. The monoisotopic (exact) mass is 331 g/mol. The van der Waals surface area contributed by atoms with Crippen LogP contribution in [-0.4, -0.2) is 49.5 Å². The molecule has 1 aromatic rings. The second-order valence-electron chi connectivity index (χ2n) is 5.05. The zero-order valence-electron chi connectivity index (χ0n) is 12.2. The molecule has 1 fully saturated rings. The Morgan fingerprint density at radius 1 is 1.41 bits per heavy atom. The molecule has 2 atom stereocenters. The van der Waals surface area contributed by atoms with Gasteiger partial charge in [-0.25, -0.2) is 13.2 Å². The van der Waals surface area contributed by atoms with Crippen LogP contribution in [0.3, 0.4) is 0 Å². The number of sulfonamides is 1. The van der Waals surface area contributed by atoms with Gasteiger partial charge in [0.2, 0.25) is 10.9 Å². The fourth-order valence-corrected chi connectivity index (χ4v) is 4.19. The van der Waals surface area contributed by atoms with Crippen LogP contribution in [0.2, 0.25) is 0 Å². The van der Waals surface area contributed by atoms with E-state index in [1.807, 2.05) is 0 Å². The van der Waals surface area contributed by atoms with Crippen LogP contribution in [0.25, 0.3) is 0 Å². The molecule has 0 unspecified atom stereocenters. The maximum atomic E-state index is 12.6. The predicted octanol–water partition coefficient (Wildman–Crippen LogP) is 0.940. The van der Waals surface area contributed by atoms with Gasteiger partial charge in [0.05, 0.1) is 13.0 Å². The summed E-state index contributed by atoms with van der Waals surface area (Å²) in [5.41, 5.74) is 0. The van der Waals surface area contributed by atoms with Gasteiger partial charge in [-0.05, 0) is 31.9 Å². The van der Waals surface area contributed by atoms with E-state index in [-0.39, 0.29) is 12.3 Å². The molecule has 1 N–H and O–H groups in total. The van der Waals surface area contributed by atoms with Gasteiger partial charge in [0.1, 0.15) is 0 Å². The van der Waals surface area contributed by atoms with Gasteiger partial charge in [-0.1, -0.05) is 0 Å². The van der Waals surface area contributed by atoms with Crippen molar-refractivity contribution < 1.29 is 32.3 Å². The Morgan fingerprint density at radius 3 is 2.68 bits per heavy atom. The number of rotatable bonds is 4. The summed E-state index contributed by atoms with van der Waals surface area (Å²) in [4.78, 5) is 22.5. The number of carboxylic acid groups (broad SMARTS) is 1. The molecular formula is C13H17NO7S. The van der Waals surface area contributed by atoms with Crippen LogP contribution in [0, 0.1) is 5.92 Å². The van der Waals surface area contributed by atoms with Crippen LogP contribution in [0.1, 0.15) is 30.3 Å². The molecule has 122 valence electrons. The summed E-state index contributed by atoms with van der Waals surface area (Å²) in [6.07, 6.45) is 0.874. The number of esters is 1. The third-order valence-electron chi connectivity index (χ3n) is 3.78. The van der Waals surface area contributed by atoms with E-state index in [4.69, 9.17) is 9.52 Å². The van der Waals surface area contributed by atoms with Gasteiger partial charge >= 0.3 is 11.9 Å². The van der Waals surface area contributed by atoms with Gasteiger partial charge in [0.15, 0.2) is 0 Å². The SMILES string of the molecule is COC(=O)c1ccc(S(=O)(=O)N2CCC[C@H](C(=O)O)[C@@H]2C)o1. The summed E-state index contributed by atoms with van der Waals surface area (Å²) in [5, 5.41) is 8.77. The van der Waals surface area contributed by atoms with E-state index in [2.05, 4.69) is 4.74 Å². The van der Waals surface area contributed by atoms with Crippen LogP contribution in [-0.2, 0) is 19.6 Å². The van der Waals surface area contributed by atoms with E-state index in [1.54, 1.807) is 6.92 Å². The average molecular weight is 331 g/mol. The lowest BCUT2D eigenvalue weighted by Crippen LogP contribution is -2.48. The van der Waals surface area contributed by atoms with Crippen LogP contribution in [0.5, 0.6) is 0 Å². The molecule has 2 heterocycles. The van der Waals surface area contributed by atoms with Gasteiger partial charge < -0.3 is 14.3 Å². The lowest BCUT2D eigenvalue weighted by molar-refractivity contribution is -0.144. The number of hydrogen-bond acceptors (Lipinski definition) is 6. The molecule has 0 bridgehead atoms. The minimum absolute atomic E-state index is 0.210. The molecule has 1 aromatic heterocycles. The minimum atomic E-state index is -4.00. The Labute approximate surface area is 127 Å². The molecule has 1 aliphatic rings. The number of methoxy groups -OCH3 is 1. The summed E-state index contributed by atoms with van der Waals surface area (Å²) in [5.74, 6) is -2.79. The Balaban J connectivity index is 2.31. The van der Waals surface area contributed by atoms with Crippen molar-refractivity contribution in [2.45, 2.75) is 30.9 Å². The highest BCUT2D eigenvalue weighted by Gasteiger charge is 2.41. The lowest BCUT2D eigenvalue weighted by Gasteiger charge is -2.35. The van der Waals surface area contributed by atoms with Gasteiger partial charge in [-0.2, -0.15) is 4.31 Å². The molecule has 0 amide bonds. The van der Waals surface area contributed by atoms with Crippen LogP contribution in [0.15, 0.2) is 21.6 Å². The molecule has 22 heavy (non-hydrogen) atoms. The molecule has 8 nitrogen and oxygen atoms in total. The second kappa shape index (κ2) is 6.09. The van der Waals surface area contributed by atoms with E-state index >= 15 is 0 Å². The molecule has 2 rings (SSSR count). The molecule has 0 aliphatic carbocycles. The van der Waals surface area contributed by atoms with E-state index in [0.29, 0.717) is 12.8 Å². The number of carboxylic acids is 1. The first-order valence-electron chi connectivity index (χ1n) is 6.72. The number of hydrogen-bond donors (Lipinski definition) is 1. The van der Waals surface area contributed by atoms with E-state index in [1.165, 1.54) is 12.1 Å². The maximum Gasteiger partial charge on any atom is 0.374 e. The highest BCUT2D eigenvalue weighted by Crippen LogP contribution is 2.30. The number of carbonyl (C=O) groups is 2. The summed E-state index contributed by atoms with van der Waals surface area (Å²) in [6.45, 7) is 1.77. The van der Waals surface area contributed by atoms with E-state index in [0.717, 1.165) is 11.4 Å². The third-order valence-corrected chi connectivity index (χ3v) is 5.64. The molecule has 9 heteroatoms. The van der Waals surface area contributed by atoms with E-state index < -0.39 is 39.0 Å². The van der Waals surface area contributed by atoms with Gasteiger partial charge in [-0.15, -0.1) is 0 Å². The largest absolute Gasteiger partial charge is 0.481 e. The zero-order chi connectivity index (χ0) is 16.5. The van der Waals surface area contributed by atoms with Crippen molar-refractivity contribution in [2.75, 3.05) is 13.7 Å². The molecule has 1 aliphatic heterocycles. The van der Waals surface area contributed by atoms with Crippen LogP contribution in [0.4, 0.5) is 0 Å². The van der Waals surface area contributed by atoms with E-state index in [9.17, 15) is 18.0 Å². The Hall–Kier alpha value is -1.87. The summed E-state index contributed by atoms with van der Waals surface area (Å²) < 4.78 is 35.8. The van der Waals surface area contributed by atoms with Crippen LogP contribution < -0.4 is 0 Å². The summed E-state index contributed by atoms with van der Waals surface area (Å²) in [6, 6.07) is 1.68. The molecular weight excluding hydrogens is 314 g/mol. The standard InChI is InChI=1S/C13H17NO7S/c1-8-9(12(15)16)4-3-7-14(8)22(18,19)11-6-5-10(21-11)13(17)20-2/h5-6,8-9H,3-4,7H2,1-2H3,(H,15,16)/t8-,9-/m0/s1. The second-order valence-corrected chi connectivity index (χ2v) is 6.88. The summed E-state index contributed by atoms with van der Waals surface area (Å²) >= 11 is 0. The van der Waals surface area contributed by atoms with Gasteiger partial charge in [0, 0.05) is 12.6 Å². The number of ether oxygens (including phenoxy) is 1. The Morgan fingerprint density at radius 2 is 2.09 bits per heavy atom. The van der Waals surface area contributed by atoms with Crippen molar-refractivity contribution in [2.24, 2.45) is 5.92 Å². The van der Waals surface area contributed by atoms with Crippen molar-refractivity contribution in [3.63, 3.8) is 0 Å². The van der Waals surface area contributed by atoms with Gasteiger partial charge in [-0.3, -0.25) is 4.79 Å². The highest BCUT2D eigenvalue weighted by molar-refractivity contribution is 7.89. The van der Waals surface area contributed by atoms with Crippen molar-refractivity contribution in [3.8, 4) is 0 Å². The normalized spacial score (nSPS) is 23.2. The molecule has 0 radical (unpaired) electrons. The quantitative estimate of drug-likeness (QED) is 0.817. The first-order valence-corrected chi connectivity index (χ1v) is 8.16.